The second-order valence-corrected chi connectivity index (χ2v) is 17.4. The summed E-state index contributed by atoms with van der Waals surface area (Å²) in [5.41, 5.74) is 20.6. The van der Waals surface area contributed by atoms with E-state index in [2.05, 4.69) is 170 Å². The summed E-state index contributed by atoms with van der Waals surface area (Å²) in [5, 5.41) is 2.53. The highest BCUT2D eigenvalue weighted by Gasteiger charge is 2.37. The summed E-state index contributed by atoms with van der Waals surface area (Å²) in [5.74, 6) is 1.23. The molecule has 0 fully saturated rings. The van der Waals surface area contributed by atoms with Gasteiger partial charge in [-0.15, -0.1) is 0 Å². The molecule has 13 rings (SSSR count). The number of oxazole rings is 2. The Kier molecular flexibility index (Phi) is 7.88. The topological polar surface area (TPSA) is 57.0 Å². The third kappa shape index (κ3) is 5.71. The summed E-state index contributed by atoms with van der Waals surface area (Å²) in [6, 6.07) is 71.3. The average molecular weight is 822 g/mol. The van der Waals surface area contributed by atoms with Crippen molar-refractivity contribution in [1.29, 1.82) is 0 Å². The van der Waals surface area contributed by atoms with E-state index >= 15 is 0 Å². The van der Waals surface area contributed by atoms with Crippen LogP contribution in [0.3, 0.4) is 0 Å². The summed E-state index contributed by atoms with van der Waals surface area (Å²) in [4.78, 5) is 9.51. The van der Waals surface area contributed by atoms with Crippen LogP contribution in [0, 0.1) is 0 Å². The van der Waals surface area contributed by atoms with Gasteiger partial charge in [0.1, 0.15) is 11.0 Å². The molecule has 3 aromatic heterocycles. The standard InChI is InChI=1S/C59H39N3O2/c1-59(2)49-33-40(28-29-45(49)47-34-48-46-14-6-9-17-53(46)62(54(48)35-50(47)59)44-12-4-3-5-13-44)43-31-41(36-20-24-38(25-21-36)57-60-51-15-7-10-18-55(51)63-57)30-42(32-43)37-22-26-39(27-23-37)58-61-52-16-8-11-19-56(52)64-58/h3-35H,1-2H3. The molecule has 0 saturated heterocycles. The lowest BCUT2D eigenvalue weighted by Gasteiger charge is -2.22. The van der Waals surface area contributed by atoms with Crippen molar-refractivity contribution in [3.63, 3.8) is 0 Å². The molecular weight excluding hydrogens is 783 g/mol. The van der Waals surface area contributed by atoms with Crippen molar-refractivity contribution in [2.45, 2.75) is 19.3 Å². The average Bonchev–Trinajstić information content (AvgIpc) is 4.11. The van der Waals surface area contributed by atoms with Crippen LogP contribution in [0.25, 0.3) is 117 Å². The second-order valence-electron chi connectivity index (χ2n) is 17.4. The normalized spacial score (nSPS) is 13.0. The molecule has 64 heavy (non-hydrogen) atoms. The molecule has 0 radical (unpaired) electrons. The molecule has 12 aromatic rings. The van der Waals surface area contributed by atoms with E-state index in [1.54, 1.807) is 0 Å². The van der Waals surface area contributed by atoms with Crippen LogP contribution < -0.4 is 0 Å². The van der Waals surface area contributed by atoms with Gasteiger partial charge in [0, 0.05) is 33.0 Å². The highest BCUT2D eigenvalue weighted by molar-refractivity contribution is 6.11. The van der Waals surface area contributed by atoms with Gasteiger partial charge in [0.05, 0.1) is 11.0 Å². The molecule has 0 aliphatic heterocycles. The van der Waals surface area contributed by atoms with E-state index in [0.29, 0.717) is 11.8 Å². The van der Waals surface area contributed by atoms with Crippen LogP contribution in [-0.4, -0.2) is 14.5 Å². The van der Waals surface area contributed by atoms with Gasteiger partial charge in [-0.1, -0.05) is 111 Å². The summed E-state index contributed by atoms with van der Waals surface area (Å²) >= 11 is 0. The van der Waals surface area contributed by atoms with Gasteiger partial charge in [0.15, 0.2) is 11.2 Å². The number of aromatic nitrogens is 3. The van der Waals surface area contributed by atoms with Crippen molar-refractivity contribution in [2.24, 2.45) is 0 Å². The summed E-state index contributed by atoms with van der Waals surface area (Å²) in [6.45, 7) is 4.75. The molecule has 0 atom stereocenters. The zero-order chi connectivity index (χ0) is 42.5. The minimum atomic E-state index is -0.228. The molecule has 0 N–H and O–H groups in total. The van der Waals surface area contributed by atoms with Crippen molar-refractivity contribution in [2.75, 3.05) is 0 Å². The van der Waals surface area contributed by atoms with Crippen molar-refractivity contribution >= 4 is 44.0 Å². The van der Waals surface area contributed by atoms with E-state index < -0.39 is 0 Å². The molecule has 0 saturated carbocycles. The molecule has 5 nitrogen and oxygen atoms in total. The third-order valence-electron chi connectivity index (χ3n) is 13.3. The van der Waals surface area contributed by atoms with E-state index in [9.17, 15) is 0 Å². The highest BCUT2D eigenvalue weighted by atomic mass is 16.4. The van der Waals surface area contributed by atoms with Crippen molar-refractivity contribution in [3.8, 4) is 73.1 Å². The van der Waals surface area contributed by atoms with Gasteiger partial charge < -0.3 is 13.4 Å². The Hall–Kier alpha value is -8.28. The van der Waals surface area contributed by atoms with E-state index in [4.69, 9.17) is 18.8 Å². The molecule has 9 aromatic carbocycles. The number of rotatable bonds is 6. The molecule has 0 unspecified atom stereocenters. The Labute approximate surface area is 369 Å². The van der Waals surface area contributed by atoms with Crippen LogP contribution in [0.2, 0.25) is 0 Å². The fraction of sp³-hybridized carbons (Fsp3) is 0.0508. The van der Waals surface area contributed by atoms with Gasteiger partial charge in [0.25, 0.3) is 0 Å². The van der Waals surface area contributed by atoms with Gasteiger partial charge in [-0.3, -0.25) is 0 Å². The van der Waals surface area contributed by atoms with Crippen LogP contribution in [0.15, 0.2) is 209 Å². The van der Waals surface area contributed by atoms with Gasteiger partial charge in [-0.25, -0.2) is 9.97 Å². The first-order valence-electron chi connectivity index (χ1n) is 21.8. The van der Waals surface area contributed by atoms with Crippen LogP contribution in [0.5, 0.6) is 0 Å². The first kappa shape index (κ1) is 36.4. The molecule has 0 amide bonds. The molecule has 3 heterocycles. The molecule has 1 aliphatic carbocycles. The molecule has 5 heteroatoms. The maximum absolute atomic E-state index is 6.13. The highest BCUT2D eigenvalue weighted by Crippen LogP contribution is 2.52. The zero-order valence-electron chi connectivity index (χ0n) is 35.2. The number of hydrogen-bond donors (Lipinski definition) is 0. The zero-order valence-corrected chi connectivity index (χ0v) is 35.2. The molecular formula is C59H39N3O2. The van der Waals surface area contributed by atoms with Gasteiger partial charge in [0.2, 0.25) is 11.8 Å². The second kappa shape index (κ2) is 13.9. The Balaban J connectivity index is 0.927. The Morgan fingerprint density at radius 2 is 0.875 bits per heavy atom. The lowest BCUT2D eigenvalue weighted by molar-refractivity contribution is 0.619. The van der Waals surface area contributed by atoms with Crippen molar-refractivity contribution in [1.82, 2.24) is 14.5 Å². The summed E-state index contributed by atoms with van der Waals surface area (Å²) < 4.78 is 14.7. The third-order valence-corrected chi connectivity index (χ3v) is 13.3. The predicted molar refractivity (Wildman–Crippen MR) is 261 cm³/mol. The monoisotopic (exact) mass is 821 g/mol. The van der Waals surface area contributed by atoms with Crippen LogP contribution >= 0.6 is 0 Å². The molecule has 302 valence electrons. The van der Waals surface area contributed by atoms with Crippen molar-refractivity contribution in [3.05, 3.63) is 211 Å². The molecule has 0 spiro atoms. The van der Waals surface area contributed by atoms with E-state index in [0.717, 1.165) is 61.1 Å². The summed E-state index contributed by atoms with van der Waals surface area (Å²) in [7, 11) is 0. The number of nitrogens with zero attached hydrogens (tertiary/aromatic N) is 3. The minimum Gasteiger partial charge on any atom is -0.436 e. The Morgan fingerprint density at radius 3 is 1.48 bits per heavy atom. The van der Waals surface area contributed by atoms with E-state index in [1.807, 2.05) is 48.5 Å². The lowest BCUT2D eigenvalue weighted by atomic mass is 9.81. The quantitative estimate of drug-likeness (QED) is 0.168. The lowest BCUT2D eigenvalue weighted by Crippen LogP contribution is -2.15. The van der Waals surface area contributed by atoms with Crippen LogP contribution in [-0.2, 0) is 5.41 Å². The fourth-order valence-electron chi connectivity index (χ4n) is 9.96. The van der Waals surface area contributed by atoms with Crippen LogP contribution in [0.4, 0.5) is 0 Å². The number of benzene rings is 9. The maximum Gasteiger partial charge on any atom is 0.227 e. The number of hydrogen-bond acceptors (Lipinski definition) is 4. The Bertz CT molecular complexity index is 3590. The molecule has 0 bridgehead atoms. The van der Waals surface area contributed by atoms with Gasteiger partial charge in [-0.2, -0.15) is 0 Å². The van der Waals surface area contributed by atoms with E-state index in [-0.39, 0.29) is 5.41 Å². The largest absolute Gasteiger partial charge is 0.436 e. The first-order valence-corrected chi connectivity index (χ1v) is 21.8. The molecule has 1 aliphatic rings. The number of fused-ring (bicyclic) bond motifs is 8. The predicted octanol–water partition coefficient (Wildman–Crippen LogP) is 15.7. The Morgan fingerprint density at radius 1 is 0.375 bits per heavy atom. The fourth-order valence-corrected chi connectivity index (χ4v) is 9.96. The van der Waals surface area contributed by atoms with E-state index in [1.165, 1.54) is 55.3 Å². The van der Waals surface area contributed by atoms with Gasteiger partial charge >= 0.3 is 0 Å². The van der Waals surface area contributed by atoms with Crippen molar-refractivity contribution < 1.29 is 8.83 Å². The first-order chi connectivity index (χ1) is 31.4. The SMILES string of the molecule is CC1(C)c2cc(-c3cc(-c4ccc(-c5nc6ccccc6o5)cc4)cc(-c4ccc(-c5nc6ccccc6o5)cc4)c3)ccc2-c2cc3c4ccccc4n(-c4ccccc4)c3cc21. The maximum atomic E-state index is 6.13. The summed E-state index contributed by atoms with van der Waals surface area (Å²) in [6.07, 6.45) is 0. The number of para-hydroxylation sites is 6. The minimum absolute atomic E-state index is 0.228. The van der Waals surface area contributed by atoms with Gasteiger partial charge in [-0.05, 0) is 159 Å². The smallest absolute Gasteiger partial charge is 0.227 e. The van der Waals surface area contributed by atoms with Crippen LogP contribution in [0.1, 0.15) is 25.0 Å².